The first-order chi connectivity index (χ1) is 14.6. The average Bonchev–Trinajstić information content (AvgIpc) is 3.37. The van der Waals surface area contributed by atoms with Crippen molar-refractivity contribution in [3.05, 3.63) is 99.6 Å². The maximum atomic E-state index is 13.2. The van der Waals surface area contributed by atoms with Crippen LogP contribution in [-0.2, 0) is 26.2 Å². The van der Waals surface area contributed by atoms with Crippen molar-refractivity contribution < 1.29 is 4.79 Å². The van der Waals surface area contributed by atoms with Crippen molar-refractivity contribution in [1.82, 2.24) is 9.80 Å². The number of nitrogens with zero attached hydrogens (tertiary/aromatic N) is 3. The summed E-state index contributed by atoms with van der Waals surface area (Å²) >= 11 is 0. The number of amides is 1. The van der Waals surface area contributed by atoms with Gasteiger partial charge in [0.25, 0.3) is 5.91 Å². The lowest BCUT2D eigenvalue weighted by Gasteiger charge is -2.18. The van der Waals surface area contributed by atoms with Crippen molar-refractivity contribution >= 4 is 17.9 Å². The summed E-state index contributed by atoms with van der Waals surface area (Å²) in [6, 6.07) is 20.8. The van der Waals surface area contributed by atoms with E-state index in [2.05, 4.69) is 41.3 Å². The molecule has 0 atom stereocenters. The largest absolute Gasteiger partial charge is 0.354 e. The Balaban J connectivity index is 1.33. The third kappa shape index (κ3) is 3.39. The van der Waals surface area contributed by atoms with Gasteiger partial charge in [-0.1, -0.05) is 48.5 Å². The van der Waals surface area contributed by atoms with Gasteiger partial charge in [-0.2, -0.15) is 0 Å². The molecule has 1 amide bonds. The number of hydrogen-bond donors (Lipinski definition) is 0. The van der Waals surface area contributed by atoms with E-state index in [0.29, 0.717) is 13.1 Å². The van der Waals surface area contributed by atoms with E-state index >= 15 is 0 Å². The number of aryl methyl sites for hydroxylation is 2. The van der Waals surface area contributed by atoms with Crippen LogP contribution in [0.5, 0.6) is 0 Å². The Morgan fingerprint density at radius 1 is 0.800 bits per heavy atom. The van der Waals surface area contributed by atoms with Crippen LogP contribution < -0.4 is 0 Å². The molecule has 3 aromatic carbocycles. The molecule has 0 fully saturated rings. The fourth-order valence-corrected chi connectivity index (χ4v) is 4.40. The van der Waals surface area contributed by atoms with Gasteiger partial charge < -0.3 is 9.80 Å². The second-order valence-corrected chi connectivity index (χ2v) is 8.30. The zero-order valence-electron chi connectivity index (χ0n) is 17.4. The number of fused-ring (bicyclic) bond motifs is 2. The summed E-state index contributed by atoms with van der Waals surface area (Å²) in [7, 11) is 0. The lowest BCUT2D eigenvalue weighted by Crippen LogP contribution is -2.26. The monoisotopic (exact) mass is 395 g/mol. The van der Waals surface area contributed by atoms with Gasteiger partial charge in [-0.05, 0) is 59.4 Å². The predicted molar refractivity (Wildman–Crippen MR) is 120 cm³/mol. The van der Waals surface area contributed by atoms with Gasteiger partial charge in [-0.25, -0.2) is 4.99 Å². The number of aliphatic imine (C=N–C) groups is 1. The van der Waals surface area contributed by atoms with Gasteiger partial charge in [-0.3, -0.25) is 4.79 Å². The van der Waals surface area contributed by atoms with Crippen LogP contribution in [0.15, 0.2) is 65.7 Å². The molecule has 0 radical (unpaired) electrons. The maximum Gasteiger partial charge on any atom is 0.254 e. The van der Waals surface area contributed by atoms with Crippen molar-refractivity contribution in [3.8, 4) is 0 Å². The van der Waals surface area contributed by atoms with Gasteiger partial charge in [-0.15, -0.1) is 0 Å². The summed E-state index contributed by atoms with van der Waals surface area (Å²) in [4.78, 5) is 22.1. The standard InChI is InChI=1S/C26H25N3O/c1-18-12-25(27-17-28-13-20-7-3-4-8-21(20)14-28)19(2)11-24(18)26(30)29-15-22-9-5-6-10-23(22)16-29/h3-12,17H,13-16H2,1-2H3/b27-17+. The quantitative estimate of drug-likeness (QED) is 0.455. The lowest BCUT2D eigenvalue weighted by atomic mass is 10.0. The van der Waals surface area contributed by atoms with E-state index < -0.39 is 0 Å². The molecular formula is C26H25N3O. The number of carbonyl (C=O) groups excluding carboxylic acids is 1. The molecule has 0 spiro atoms. The third-order valence-corrected chi connectivity index (χ3v) is 6.13. The molecule has 2 aliphatic rings. The molecule has 0 aliphatic carbocycles. The summed E-state index contributed by atoms with van der Waals surface area (Å²) in [5, 5.41) is 0. The van der Waals surface area contributed by atoms with Crippen LogP contribution in [0.3, 0.4) is 0 Å². The lowest BCUT2D eigenvalue weighted by molar-refractivity contribution is 0.0750. The molecule has 0 bridgehead atoms. The Kier molecular flexibility index (Phi) is 4.62. The fraction of sp³-hybridized carbons (Fsp3) is 0.231. The minimum Gasteiger partial charge on any atom is -0.354 e. The summed E-state index contributed by atoms with van der Waals surface area (Å²) in [5.74, 6) is 0.0947. The molecule has 0 saturated carbocycles. The van der Waals surface area contributed by atoms with Gasteiger partial charge in [0, 0.05) is 31.7 Å². The number of rotatable bonds is 3. The second kappa shape index (κ2) is 7.45. The minimum atomic E-state index is 0.0947. The molecule has 3 aromatic rings. The molecule has 150 valence electrons. The summed E-state index contributed by atoms with van der Waals surface area (Å²) in [6.07, 6.45) is 1.93. The highest BCUT2D eigenvalue weighted by Crippen LogP contribution is 2.29. The van der Waals surface area contributed by atoms with E-state index in [0.717, 1.165) is 35.5 Å². The highest BCUT2D eigenvalue weighted by atomic mass is 16.2. The van der Waals surface area contributed by atoms with Crippen molar-refractivity contribution in [2.75, 3.05) is 0 Å². The molecule has 30 heavy (non-hydrogen) atoms. The van der Waals surface area contributed by atoms with Gasteiger partial charge >= 0.3 is 0 Å². The van der Waals surface area contributed by atoms with Crippen LogP contribution in [0.2, 0.25) is 0 Å². The van der Waals surface area contributed by atoms with Crippen LogP contribution in [0.25, 0.3) is 0 Å². The molecule has 4 nitrogen and oxygen atoms in total. The van der Waals surface area contributed by atoms with E-state index in [1.807, 2.05) is 49.4 Å². The highest BCUT2D eigenvalue weighted by Gasteiger charge is 2.25. The van der Waals surface area contributed by atoms with Crippen LogP contribution in [0, 0.1) is 13.8 Å². The molecule has 2 aliphatic heterocycles. The van der Waals surface area contributed by atoms with Crippen molar-refractivity contribution in [3.63, 3.8) is 0 Å². The Hall–Kier alpha value is -3.40. The molecule has 0 aromatic heterocycles. The topological polar surface area (TPSA) is 35.9 Å². The Morgan fingerprint density at radius 3 is 1.90 bits per heavy atom. The van der Waals surface area contributed by atoms with E-state index in [1.54, 1.807) is 0 Å². The van der Waals surface area contributed by atoms with E-state index in [1.165, 1.54) is 22.3 Å². The Labute approximate surface area is 177 Å². The SMILES string of the molecule is Cc1cc(C(=O)N2Cc3ccccc3C2)c(C)cc1/N=C/N1Cc2ccccc2C1. The first-order valence-corrected chi connectivity index (χ1v) is 10.4. The molecule has 2 heterocycles. The zero-order chi connectivity index (χ0) is 20.7. The van der Waals surface area contributed by atoms with Crippen molar-refractivity contribution in [2.45, 2.75) is 40.0 Å². The maximum absolute atomic E-state index is 13.2. The molecule has 0 saturated heterocycles. The van der Waals surface area contributed by atoms with Gasteiger partial charge in [0.05, 0.1) is 12.0 Å². The van der Waals surface area contributed by atoms with Crippen LogP contribution >= 0.6 is 0 Å². The van der Waals surface area contributed by atoms with Crippen LogP contribution in [-0.4, -0.2) is 22.0 Å². The van der Waals surface area contributed by atoms with Crippen LogP contribution in [0.1, 0.15) is 43.7 Å². The molecular weight excluding hydrogens is 370 g/mol. The van der Waals surface area contributed by atoms with E-state index in [-0.39, 0.29) is 5.91 Å². The average molecular weight is 396 g/mol. The summed E-state index contributed by atoms with van der Waals surface area (Å²) in [6.45, 7) is 7.18. The molecule has 0 unspecified atom stereocenters. The predicted octanol–water partition coefficient (Wildman–Crippen LogP) is 5.14. The van der Waals surface area contributed by atoms with E-state index in [4.69, 9.17) is 4.99 Å². The van der Waals surface area contributed by atoms with Gasteiger partial charge in [0.1, 0.15) is 0 Å². The highest BCUT2D eigenvalue weighted by molar-refractivity contribution is 5.96. The number of carbonyl (C=O) groups is 1. The van der Waals surface area contributed by atoms with Crippen molar-refractivity contribution in [1.29, 1.82) is 0 Å². The Bertz CT molecular complexity index is 1110. The Morgan fingerprint density at radius 2 is 1.33 bits per heavy atom. The third-order valence-electron chi connectivity index (χ3n) is 6.13. The minimum absolute atomic E-state index is 0.0947. The molecule has 0 N–H and O–H groups in total. The number of benzene rings is 3. The molecule has 4 heteroatoms. The van der Waals surface area contributed by atoms with Gasteiger partial charge in [0.2, 0.25) is 0 Å². The smallest absolute Gasteiger partial charge is 0.254 e. The molecule has 5 rings (SSSR count). The first-order valence-electron chi connectivity index (χ1n) is 10.4. The zero-order valence-corrected chi connectivity index (χ0v) is 17.4. The van der Waals surface area contributed by atoms with Gasteiger partial charge in [0.15, 0.2) is 0 Å². The normalized spacial score (nSPS) is 15.0. The number of hydrogen-bond acceptors (Lipinski definition) is 2. The fourth-order valence-electron chi connectivity index (χ4n) is 4.40. The summed E-state index contributed by atoms with van der Waals surface area (Å²) in [5.41, 5.74) is 8.90. The first kappa shape index (κ1) is 18.6. The second-order valence-electron chi connectivity index (χ2n) is 8.30. The van der Waals surface area contributed by atoms with Crippen LogP contribution in [0.4, 0.5) is 5.69 Å². The van der Waals surface area contributed by atoms with E-state index in [9.17, 15) is 4.79 Å². The summed E-state index contributed by atoms with van der Waals surface area (Å²) < 4.78 is 0. The van der Waals surface area contributed by atoms with Crippen molar-refractivity contribution in [2.24, 2.45) is 4.99 Å².